The van der Waals surface area contributed by atoms with Gasteiger partial charge in [-0.3, -0.25) is 9.59 Å². The third-order valence-electron chi connectivity index (χ3n) is 2.70. The molecule has 0 saturated carbocycles. The molecule has 1 aromatic carbocycles. The summed E-state index contributed by atoms with van der Waals surface area (Å²) in [6, 6.07) is 5.99. The summed E-state index contributed by atoms with van der Waals surface area (Å²) in [6.07, 6.45) is 0.378. The molecule has 20 heavy (non-hydrogen) atoms. The van der Waals surface area contributed by atoms with E-state index >= 15 is 0 Å². The smallest absolute Gasteiger partial charge is 0.308 e. The number of rotatable bonds is 7. The van der Waals surface area contributed by atoms with Gasteiger partial charge in [0.2, 0.25) is 0 Å². The molecule has 0 bridgehead atoms. The minimum absolute atomic E-state index is 0.0294. The summed E-state index contributed by atoms with van der Waals surface area (Å²) in [5, 5.41) is 11.3. The highest BCUT2D eigenvalue weighted by atomic mass is 32.2. The number of carbonyl (C=O) groups excluding carboxylic acids is 1. The molecule has 0 aliphatic rings. The number of thioether (sulfide) groups is 1. The Morgan fingerprint density at radius 1 is 1.35 bits per heavy atom. The molecule has 1 atom stereocenters. The highest BCUT2D eigenvalue weighted by molar-refractivity contribution is 7.99. The molecule has 1 rings (SSSR count). The second kappa shape index (κ2) is 7.84. The van der Waals surface area contributed by atoms with Crippen molar-refractivity contribution in [2.75, 3.05) is 6.54 Å². The van der Waals surface area contributed by atoms with Crippen LogP contribution < -0.4 is 5.32 Å². The van der Waals surface area contributed by atoms with Crippen LogP contribution in [0.5, 0.6) is 0 Å². The van der Waals surface area contributed by atoms with E-state index in [0.29, 0.717) is 6.42 Å². The van der Waals surface area contributed by atoms with E-state index in [0.717, 1.165) is 0 Å². The number of carbonyl (C=O) groups is 2. The van der Waals surface area contributed by atoms with E-state index in [1.165, 1.54) is 12.1 Å². The van der Waals surface area contributed by atoms with Gasteiger partial charge in [0.05, 0.1) is 11.5 Å². The van der Waals surface area contributed by atoms with E-state index in [1.807, 2.05) is 0 Å². The number of halogens is 2. The fourth-order valence-corrected chi connectivity index (χ4v) is 2.21. The molecule has 1 aromatic rings. The highest BCUT2D eigenvalue weighted by Gasteiger charge is 2.19. The monoisotopic (exact) mass is 303 g/mol. The molecule has 0 spiro atoms. The van der Waals surface area contributed by atoms with Gasteiger partial charge in [0.15, 0.2) is 0 Å². The molecule has 2 N–H and O–H groups in total. The number of carboxylic acids is 1. The number of hydrogen-bond acceptors (Lipinski definition) is 3. The van der Waals surface area contributed by atoms with Crippen molar-refractivity contribution in [3.05, 3.63) is 29.8 Å². The Hall–Kier alpha value is -1.63. The van der Waals surface area contributed by atoms with Crippen LogP contribution in [0.25, 0.3) is 0 Å². The zero-order valence-electron chi connectivity index (χ0n) is 10.8. The van der Waals surface area contributed by atoms with E-state index in [1.54, 1.807) is 19.1 Å². The molecule has 0 heterocycles. The van der Waals surface area contributed by atoms with Crippen molar-refractivity contribution in [2.45, 2.75) is 24.0 Å². The first-order valence-electron chi connectivity index (χ1n) is 6.00. The van der Waals surface area contributed by atoms with Gasteiger partial charge in [-0.2, -0.15) is 8.78 Å². The zero-order chi connectivity index (χ0) is 15.1. The zero-order valence-corrected chi connectivity index (χ0v) is 11.6. The van der Waals surface area contributed by atoms with Crippen molar-refractivity contribution >= 4 is 23.6 Å². The van der Waals surface area contributed by atoms with Crippen LogP contribution in [0.1, 0.15) is 23.7 Å². The number of benzene rings is 1. The summed E-state index contributed by atoms with van der Waals surface area (Å²) >= 11 is 0.289. The molecule has 0 saturated heterocycles. The lowest BCUT2D eigenvalue weighted by atomic mass is 10.1. The molecule has 0 aliphatic carbocycles. The maximum Gasteiger partial charge on any atom is 0.308 e. The molecule has 110 valence electrons. The van der Waals surface area contributed by atoms with Crippen molar-refractivity contribution in [1.29, 1.82) is 0 Å². The first kappa shape index (κ1) is 16.4. The normalized spacial score (nSPS) is 12.2. The van der Waals surface area contributed by atoms with Gasteiger partial charge >= 0.3 is 5.97 Å². The van der Waals surface area contributed by atoms with Crippen molar-refractivity contribution < 1.29 is 23.5 Å². The van der Waals surface area contributed by atoms with Gasteiger partial charge in [0.25, 0.3) is 11.7 Å². The first-order valence-corrected chi connectivity index (χ1v) is 6.88. The SMILES string of the molecule is CCC(CNC(=O)c1ccccc1SC(F)F)C(=O)O. The van der Waals surface area contributed by atoms with Crippen molar-refractivity contribution in [2.24, 2.45) is 5.92 Å². The third kappa shape index (κ3) is 4.80. The quantitative estimate of drug-likeness (QED) is 0.760. The lowest BCUT2D eigenvalue weighted by Crippen LogP contribution is -2.32. The van der Waals surface area contributed by atoms with Gasteiger partial charge in [0.1, 0.15) is 0 Å². The largest absolute Gasteiger partial charge is 0.481 e. The maximum atomic E-state index is 12.4. The second-order valence-corrected chi connectivity index (χ2v) is 5.06. The molecule has 1 unspecified atom stereocenters. The fraction of sp³-hybridized carbons (Fsp3) is 0.385. The Labute approximate surface area is 119 Å². The Morgan fingerprint density at radius 3 is 2.55 bits per heavy atom. The molecule has 7 heteroatoms. The number of carboxylic acid groups (broad SMARTS) is 1. The third-order valence-corrected chi connectivity index (χ3v) is 3.49. The number of alkyl halides is 2. The molecular weight excluding hydrogens is 288 g/mol. The molecular formula is C13H15F2NO3S. The van der Waals surface area contributed by atoms with Crippen LogP contribution >= 0.6 is 11.8 Å². The van der Waals surface area contributed by atoms with Gasteiger partial charge in [0, 0.05) is 11.4 Å². The Morgan fingerprint density at radius 2 is 2.00 bits per heavy atom. The van der Waals surface area contributed by atoms with Crippen LogP contribution in [-0.4, -0.2) is 29.3 Å². The topological polar surface area (TPSA) is 66.4 Å². The Bertz CT molecular complexity index is 482. The predicted octanol–water partition coefficient (Wildman–Crippen LogP) is 2.84. The summed E-state index contributed by atoms with van der Waals surface area (Å²) < 4.78 is 24.8. The number of hydrogen-bond donors (Lipinski definition) is 2. The van der Waals surface area contributed by atoms with Crippen LogP contribution in [0.2, 0.25) is 0 Å². The van der Waals surface area contributed by atoms with Gasteiger partial charge < -0.3 is 10.4 Å². The average Bonchev–Trinajstić information content (AvgIpc) is 2.38. The summed E-state index contributed by atoms with van der Waals surface area (Å²) in [6.45, 7) is 1.67. The van der Waals surface area contributed by atoms with Crippen molar-refractivity contribution in [3.8, 4) is 0 Å². The van der Waals surface area contributed by atoms with Gasteiger partial charge in [-0.25, -0.2) is 0 Å². The van der Waals surface area contributed by atoms with E-state index < -0.39 is 23.6 Å². The Kier molecular flexibility index (Phi) is 6.44. The lowest BCUT2D eigenvalue weighted by Gasteiger charge is -2.12. The second-order valence-electron chi connectivity index (χ2n) is 4.03. The summed E-state index contributed by atoms with van der Waals surface area (Å²) in [5.74, 6) is -4.85. The molecule has 4 nitrogen and oxygen atoms in total. The van der Waals surface area contributed by atoms with E-state index in [4.69, 9.17) is 5.11 Å². The number of aliphatic carboxylic acids is 1. The number of nitrogens with one attached hydrogen (secondary N) is 1. The summed E-state index contributed by atoms with van der Waals surface area (Å²) in [4.78, 5) is 22.9. The van der Waals surface area contributed by atoms with Crippen LogP contribution in [0.3, 0.4) is 0 Å². The minimum atomic E-state index is -2.62. The highest BCUT2D eigenvalue weighted by Crippen LogP contribution is 2.28. The maximum absolute atomic E-state index is 12.4. The predicted molar refractivity (Wildman–Crippen MR) is 72.1 cm³/mol. The summed E-state index contributed by atoms with van der Waals surface area (Å²) in [5.41, 5.74) is 0.123. The summed E-state index contributed by atoms with van der Waals surface area (Å²) in [7, 11) is 0. The first-order chi connectivity index (χ1) is 9.45. The van der Waals surface area contributed by atoms with Crippen molar-refractivity contribution in [1.82, 2.24) is 5.32 Å². The van der Waals surface area contributed by atoms with E-state index in [-0.39, 0.29) is 28.8 Å². The van der Waals surface area contributed by atoms with Crippen molar-refractivity contribution in [3.63, 3.8) is 0 Å². The minimum Gasteiger partial charge on any atom is -0.481 e. The standard InChI is InChI=1S/C13H15F2NO3S/c1-2-8(12(18)19)7-16-11(17)9-5-3-4-6-10(9)20-13(14)15/h3-6,8,13H,2,7H2,1H3,(H,16,17)(H,18,19). The van der Waals surface area contributed by atoms with E-state index in [2.05, 4.69) is 5.32 Å². The van der Waals surface area contributed by atoms with Gasteiger partial charge in [-0.15, -0.1) is 0 Å². The number of amides is 1. The molecule has 0 aliphatic heterocycles. The van der Waals surface area contributed by atoms with Crippen LogP contribution in [0.15, 0.2) is 29.2 Å². The van der Waals surface area contributed by atoms with E-state index in [9.17, 15) is 18.4 Å². The fourth-order valence-electron chi connectivity index (χ4n) is 1.57. The lowest BCUT2D eigenvalue weighted by molar-refractivity contribution is -0.141. The molecule has 0 radical (unpaired) electrons. The molecule has 0 aromatic heterocycles. The van der Waals surface area contributed by atoms with Gasteiger partial charge in [-0.1, -0.05) is 30.8 Å². The average molecular weight is 303 g/mol. The molecule has 0 fully saturated rings. The van der Waals surface area contributed by atoms with Crippen LogP contribution in [0.4, 0.5) is 8.78 Å². The molecule has 1 amide bonds. The van der Waals surface area contributed by atoms with Crippen LogP contribution in [-0.2, 0) is 4.79 Å². The van der Waals surface area contributed by atoms with Gasteiger partial charge in [-0.05, 0) is 18.6 Å². The van der Waals surface area contributed by atoms with Crippen LogP contribution in [0, 0.1) is 5.92 Å². The Balaban J connectivity index is 2.74.